The summed E-state index contributed by atoms with van der Waals surface area (Å²) in [5.41, 5.74) is 2.77. The van der Waals surface area contributed by atoms with E-state index < -0.39 is 0 Å². The second-order valence-electron chi connectivity index (χ2n) is 6.76. The standard InChI is InChI=1S/C22H26N2O2S/c1-2-3-15-23-21(26)20-17-11-7-8-12-18(17)27-22(20)24-19(25)14-13-16-9-5-4-6-10-16/h4-6,9-10,13-14H,2-3,7-8,11-12,15H2,1H3,(H,23,26)(H,24,25)/b14-13+. The molecule has 1 aliphatic carbocycles. The summed E-state index contributed by atoms with van der Waals surface area (Å²) in [6.07, 6.45) is 9.45. The largest absolute Gasteiger partial charge is 0.352 e. The molecule has 142 valence electrons. The molecule has 0 aliphatic heterocycles. The van der Waals surface area contributed by atoms with E-state index >= 15 is 0 Å². The molecule has 0 unspecified atom stereocenters. The summed E-state index contributed by atoms with van der Waals surface area (Å²) in [5.74, 6) is -0.273. The topological polar surface area (TPSA) is 58.2 Å². The lowest BCUT2D eigenvalue weighted by molar-refractivity contribution is -0.111. The number of aryl methyl sites for hydroxylation is 1. The smallest absolute Gasteiger partial charge is 0.254 e. The highest BCUT2D eigenvalue weighted by Crippen LogP contribution is 2.38. The molecule has 2 aromatic rings. The normalized spacial score (nSPS) is 13.4. The molecule has 27 heavy (non-hydrogen) atoms. The van der Waals surface area contributed by atoms with Crippen molar-refractivity contribution in [2.75, 3.05) is 11.9 Å². The molecule has 4 nitrogen and oxygen atoms in total. The van der Waals surface area contributed by atoms with Gasteiger partial charge >= 0.3 is 0 Å². The van der Waals surface area contributed by atoms with E-state index in [2.05, 4.69) is 17.6 Å². The molecule has 2 N–H and O–H groups in total. The molecule has 5 heteroatoms. The van der Waals surface area contributed by atoms with E-state index in [0.29, 0.717) is 17.1 Å². The quantitative estimate of drug-likeness (QED) is 0.533. The van der Waals surface area contributed by atoms with Crippen LogP contribution in [-0.4, -0.2) is 18.4 Å². The van der Waals surface area contributed by atoms with Crippen LogP contribution in [0.25, 0.3) is 6.08 Å². The number of fused-ring (bicyclic) bond motifs is 1. The summed E-state index contributed by atoms with van der Waals surface area (Å²) in [6.45, 7) is 2.77. The summed E-state index contributed by atoms with van der Waals surface area (Å²) in [7, 11) is 0. The van der Waals surface area contributed by atoms with Gasteiger partial charge in [0.2, 0.25) is 5.91 Å². The Bertz CT molecular complexity index is 824. The number of hydrogen-bond donors (Lipinski definition) is 2. The monoisotopic (exact) mass is 382 g/mol. The van der Waals surface area contributed by atoms with E-state index in [1.807, 2.05) is 30.3 Å². The van der Waals surface area contributed by atoms with Gasteiger partial charge in [-0.15, -0.1) is 11.3 Å². The summed E-state index contributed by atoms with van der Waals surface area (Å²) in [6, 6.07) is 9.70. The zero-order valence-electron chi connectivity index (χ0n) is 15.7. The zero-order valence-corrected chi connectivity index (χ0v) is 16.5. The molecule has 2 amide bonds. The highest BCUT2D eigenvalue weighted by Gasteiger charge is 2.25. The fourth-order valence-corrected chi connectivity index (χ4v) is 4.54. The molecule has 3 rings (SSSR count). The first-order chi connectivity index (χ1) is 13.2. The summed E-state index contributed by atoms with van der Waals surface area (Å²) in [5, 5.41) is 6.63. The first-order valence-electron chi connectivity index (χ1n) is 9.66. The van der Waals surface area contributed by atoms with Gasteiger partial charge in [0.1, 0.15) is 5.00 Å². The van der Waals surface area contributed by atoms with Crippen LogP contribution in [0.1, 0.15) is 59.0 Å². The molecule has 0 saturated heterocycles. The molecule has 1 heterocycles. The molecule has 1 aromatic heterocycles. The second kappa shape index (κ2) is 9.51. The van der Waals surface area contributed by atoms with Crippen molar-refractivity contribution >= 4 is 34.2 Å². The van der Waals surface area contributed by atoms with Gasteiger partial charge in [-0.05, 0) is 49.3 Å². The van der Waals surface area contributed by atoms with Crippen LogP contribution in [0.4, 0.5) is 5.00 Å². The van der Waals surface area contributed by atoms with E-state index in [1.165, 1.54) is 11.0 Å². The lowest BCUT2D eigenvalue weighted by atomic mass is 9.95. The number of benzene rings is 1. The number of rotatable bonds is 7. The van der Waals surface area contributed by atoms with Gasteiger partial charge in [0.05, 0.1) is 5.56 Å². The second-order valence-corrected chi connectivity index (χ2v) is 7.86. The summed E-state index contributed by atoms with van der Waals surface area (Å²) < 4.78 is 0. The van der Waals surface area contributed by atoms with Crippen molar-refractivity contribution < 1.29 is 9.59 Å². The Morgan fingerprint density at radius 3 is 2.70 bits per heavy atom. The minimum Gasteiger partial charge on any atom is -0.352 e. The highest BCUT2D eigenvalue weighted by molar-refractivity contribution is 7.17. The fraction of sp³-hybridized carbons (Fsp3) is 0.364. The number of anilines is 1. The van der Waals surface area contributed by atoms with Gasteiger partial charge in [-0.3, -0.25) is 9.59 Å². The number of unbranched alkanes of at least 4 members (excludes halogenated alkanes) is 1. The average molecular weight is 383 g/mol. The zero-order chi connectivity index (χ0) is 19.1. The van der Waals surface area contributed by atoms with Crippen LogP contribution in [0.5, 0.6) is 0 Å². The van der Waals surface area contributed by atoms with Crippen molar-refractivity contribution in [2.24, 2.45) is 0 Å². The highest BCUT2D eigenvalue weighted by atomic mass is 32.1. The Balaban J connectivity index is 1.77. The number of hydrogen-bond acceptors (Lipinski definition) is 3. The third-order valence-electron chi connectivity index (χ3n) is 4.68. The van der Waals surface area contributed by atoms with E-state index in [1.54, 1.807) is 17.4 Å². The summed E-state index contributed by atoms with van der Waals surface area (Å²) >= 11 is 1.55. The lowest BCUT2D eigenvalue weighted by Gasteiger charge is -2.13. The van der Waals surface area contributed by atoms with Gasteiger partial charge in [0.15, 0.2) is 0 Å². The fourth-order valence-electron chi connectivity index (χ4n) is 3.25. The minimum absolute atomic E-state index is 0.0646. The van der Waals surface area contributed by atoms with Crippen molar-refractivity contribution in [2.45, 2.75) is 45.4 Å². The van der Waals surface area contributed by atoms with Crippen molar-refractivity contribution in [1.82, 2.24) is 5.32 Å². The van der Waals surface area contributed by atoms with Gasteiger partial charge in [-0.1, -0.05) is 43.7 Å². The predicted octanol–water partition coefficient (Wildman–Crippen LogP) is 4.81. The van der Waals surface area contributed by atoms with Gasteiger partial charge in [-0.25, -0.2) is 0 Å². The number of nitrogens with one attached hydrogen (secondary N) is 2. The molecule has 1 aliphatic rings. The van der Waals surface area contributed by atoms with Crippen molar-refractivity contribution in [3.63, 3.8) is 0 Å². The molecule has 0 fully saturated rings. The maximum absolute atomic E-state index is 12.8. The van der Waals surface area contributed by atoms with Crippen LogP contribution in [-0.2, 0) is 17.6 Å². The SMILES string of the molecule is CCCCNC(=O)c1c(NC(=O)/C=C/c2ccccc2)sc2c1CCCC2. The van der Waals surface area contributed by atoms with Crippen LogP contribution in [0.3, 0.4) is 0 Å². The van der Waals surface area contributed by atoms with E-state index in [-0.39, 0.29) is 11.8 Å². The predicted molar refractivity (Wildman–Crippen MR) is 112 cm³/mol. The molecule has 0 atom stereocenters. The maximum atomic E-state index is 12.8. The molecule has 0 saturated carbocycles. The Kier molecular flexibility index (Phi) is 6.82. The van der Waals surface area contributed by atoms with Gasteiger partial charge < -0.3 is 10.6 Å². The lowest BCUT2D eigenvalue weighted by Crippen LogP contribution is -2.26. The van der Waals surface area contributed by atoms with Crippen LogP contribution in [0.2, 0.25) is 0 Å². The Morgan fingerprint density at radius 2 is 1.93 bits per heavy atom. The first-order valence-corrected chi connectivity index (χ1v) is 10.5. The van der Waals surface area contributed by atoms with Crippen LogP contribution < -0.4 is 10.6 Å². The van der Waals surface area contributed by atoms with Crippen molar-refractivity contribution in [3.8, 4) is 0 Å². The third-order valence-corrected chi connectivity index (χ3v) is 5.88. The Morgan fingerprint density at radius 1 is 1.15 bits per heavy atom. The van der Waals surface area contributed by atoms with Gasteiger partial charge in [-0.2, -0.15) is 0 Å². The molecular weight excluding hydrogens is 356 g/mol. The third kappa shape index (κ3) is 5.07. The number of amides is 2. The van der Waals surface area contributed by atoms with Gasteiger partial charge in [0.25, 0.3) is 5.91 Å². The van der Waals surface area contributed by atoms with E-state index in [0.717, 1.165) is 49.7 Å². The van der Waals surface area contributed by atoms with E-state index in [9.17, 15) is 9.59 Å². The van der Waals surface area contributed by atoms with E-state index in [4.69, 9.17) is 0 Å². The maximum Gasteiger partial charge on any atom is 0.254 e. The average Bonchev–Trinajstić information content (AvgIpc) is 3.05. The van der Waals surface area contributed by atoms with Gasteiger partial charge in [0, 0.05) is 17.5 Å². The minimum atomic E-state index is -0.208. The number of thiophene rings is 1. The number of carbonyl (C=O) groups is 2. The Labute approximate surface area is 164 Å². The van der Waals surface area contributed by atoms with Crippen molar-refractivity contribution in [1.29, 1.82) is 0 Å². The van der Waals surface area contributed by atoms with Crippen LogP contribution in [0.15, 0.2) is 36.4 Å². The molecule has 0 bridgehead atoms. The molecule has 0 radical (unpaired) electrons. The first kappa shape index (κ1) is 19.4. The molecular formula is C22H26N2O2S. The summed E-state index contributed by atoms with van der Waals surface area (Å²) in [4.78, 5) is 26.4. The molecule has 1 aromatic carbocycles. The molecule has 0 spiro atoms. The van der Waals surface area contributed by atoms with Crippen LogP contribution >= 0.6 is 11.3 Å². The Hall–Kier alpha value is -2.40. The number of carbonyl (C=O) groups excluding carboxylic acids is 2. The van der Waals surface area contributed by atoms with Crippen molar-refractivity contribution in [3.05, 3.63) is 58.0 Å². The van der Waals surface area contributed by atoms with Crippen LogP contribution in [0, 0.1) is 0 Å².